The second kappa shape index (κ2) is 5.86. The lowest BCUT2D eigenvalue weighted by Crippen LogP contribution is -2.87. The van der Waals surface area contributed by atoms with E-state index < -0.39 is 0 Å². The summed E-state index contributed by atoms with van der Waals surface area (Å²) >= 11 is 0. The third kappa shape index (κ3) is 2.94. The highest BCUT2D eigenvalue weighted by molar-refractivity contribution is 4.80. The number of rotatable bonds is 3. The maximum Gasteiger partial charge on any atom is 0.0913 e. The quantitative estimate of drug-likeness (QED) is 0.716. The lowest BCUT2D eigenvalue weighted by molar-refractivity contribution is -0.645. The van der Waals surface area contributed by atoms with E-state index in [0.717, 1.165) is 11.8 Å². The van der Waals surface area contributed by atoms with Crippen LogP contribution in [-0.4, -0.2) is 6.04 Å². The summed E-state index contributed by atoms with van der Waals surface area (Å²) in [7, 11) is 0. The van der Waals surface area contributed by atoms with Gasteiger partial charge in [-0.2, -0.15) is 0 Å². The number of hydrogen-bond donors (Lipinski definition) is 1. The fourth-order valence-corrected chi connectivity index (χ4v) is 3.65. The van der Waals surface area contributed by atoms with Crippen molar-refractivity contribution in [1.82, 2.24) is 0 Å². The van der Waals surface area contributed by atoms with E-state index in [4.69, 9.17) is 0 Å². The summed E-state index contributed by atoms with van der Waals surface area (Å²) in [6.07, 6.45) is 13.5. The van der Waals surface area contributed by atoms with Gasteiger partial charge >= 0.3 is 0 Å². The second-order valence-electron chi connectivity index (χ2n) is 5.51. The lowest BCUT2D eigenvalue weighted by atomic mass is 9.74. The van der Waals surface area contributed by atoms with Crippen molar-refractivity contribution < 1.29 is 5.48 Å². The molecule has 88 valence electrons. The first-order valence-corrected chi connectivity index (χ1v) is 6.87. The summed E-state index contributed by atoms with van der Waals surface area (Å²) in [5.74, 6) is 1.47. The van der Waals surface area contributed by atoms with Crippen LogP contribution in [0.25, 0.3) is 0 Å². The Morgan fingerprint density at radius 1 is 0.733 bits per heavy atom. The van der Waals surface area contributed by atoms with Crippen LogP contribution in [0.5, 0.6) is 0 Å². The van der Waals surface area contributed by atoms with Gasteiger partial charge in [-0.3, -0.25) is 0 Å². The first kappa shape index (κ1) is 11.4. The summed E-state index contributed by atoms with van der Waals surface area (Å²) in [6, 6.07) is 0.408. The van der Waals surface area contributed by atoms with Crippen LogP contribution in [-0.2, 0) is 0 Å². The summed E-state index contributed by atoms with van der Waals surface area (Å²) in [5.41, 5.74) is 1.30. The molecule has 2 rings (SSSR count). The minimum Gasteiger partial charge on any atom is -0.636 e. The molecule has 0 radical (unpaired) electrons. The Labute approximate surface area is 93.4 Å². The van der Waals surface area contributed by atoms with Gasteiger partial charge in [0.1, 0.15) is 0 Å². The molecule has 0 heterocycles. The van der Waals surface area contributed by atoms with Gasteiger partial charge in [-0.15, -0.1) is 0 Å². The summed E-state index contributed by atoms with van der Waals surface area (Å²) in [6.45, 7) is 0. The average molecular weight is 211 g/mol. The van der Waals surface area contributed by atoms with Crippen LogP contribution in [0.15, 0.2) is 0 Å². The zero-order valence-corrected chi connectivity index (χ0v) is 9.79. The Kier molecular flexibility index (Phi) is 4.45. The van der Waals surface area contributed by atoms with Gasteiger partial charge in [-0.1, -0.05) is 38.5 Å². The van der Waals surface area contributed by atoms with Crippen molar-refractivity contribution >= 4 is 0 Å². The van der Waals surface area contributed by atoms with Crippen LogP contribution in [0.2, 0.25) is 0 Å². The summed E-state index contributed by atoms with van der Waals surface area (Å²) in [5, 5.41) is 11.3. The van der Waals surface area contributed by atoms with E-state index in [-0.39, 0.29) is 0 Å². The van der Waals surface area contributed by atoms with Crippen LogP contribution >= 0.6 is 0 Å². The standard InChI is InChI=1S/C13H25NO/c15-14-13(11-7-3-1-4-8-11)12-9-5-2-6-10-12/h11-13H,1-10,14H2. The predicted molar refractivity (Wildman–Crippen MR) is 62.2 cm³/mol. The predicted octanol–water partition coefficient (Wildman–Crippen LogP) is 2.58. The van der Waals surface area contributed by atoms with E-state index in [1.54, 1.807) is 0 Å². The van der Waals surface area contributed by atoms with Gasteiger partial charge in [-0.25, -0.2) is 0 Å². The molecule has 2 saturated carbocycles. The van der Waals surface area contributed by atoms with Crippen LogP contribution in [0, 0.1) is 17.0 Å². The van der Waals surface area contributed by atoms with Crippen molar-refractivity contribution in [2.75, 3.05) is 0 Å². The van der Waals surface area contributed by atoms with Crippen molar-refractivity contribution in [2.45, 2.75) is 70.3 Å². The van der Waals surface area contributed by atoms with E-state index >= 15 is 0 Å². The average Bonchev–Trinajstić information content (AvgIpc) is 2.33. The molecule has 2 heteroatoms. The molecule has 2 aliphatic rings. The van der Waals surface area contributed by atoms with Gasteiger partial charge in [0, 0.05) is 11.8 Å². The molecular formula is C13H25NO. The molecule has 2 fully saturated rings. The minimum absolute atomic E-state index is 0.408. The monoisotopic (exact) mass is 211 g/mol. The van der Waals surface area contributed by atoms with Gasteiger partial charge in [0.05, 0.1) is 6.04 Å². The molecule has 2 nitrogen and oxygen atoms in total. The van der Waals surface area contributed by atoms with Gasteiger partial charge < -0.3 is 10.7 Å². The maximum atomic E-state index is 11.3. The minimum atomic E-state index is 0.408. The topological polar surface area (TPSA) is 39.7 Å². The Morgan fingerprint density at radius 2 is 1.13 bits per heavy atom. The highest BCUT2D eigenvalue weighted by Crippen LogP contribution is 2.33. The van der Waals surface area contributed by atoms with Crippen molar-refractivity contribution in [1.29, 1.82) is 0 Å². The summed E-state index contributed by atoms with van der Waals surface area (Å²) in [4.78, 5) is 0. The molecule has 0 aromatic carbocycles. The number of quaternary nitrogens is 1. The molecule has 0 aliphatic heterocycles. The Balaban J connectivity index is 1.88. The van der Waals surface area contributed by atoms with E-state index in [9.17, 15) is 5.21 Å². The molecule has 2 aliphatic carbocycles. The highest BCUT2D eigenvalue weighted by atomic mass is 16.5. The Morgan fingerprint density at radius 3 is 1.47 bits per heavy atom. The Hall–Kier alpha value is -0.0800. The smallest absolute Gasteiger partial charge is 0.0913 e. The third-order valence-electron chi connectivity index (χ3n) is 4.55. The largest absolute Gasteiger partial charge is 0.636 e. The fraction of sp³-hybridized carbons (Fsp3) is 1.00. The van der Waals surface area contributed by atoms with Crippen molar-refractivity contribution in [3.05, 3.63) is 5.21 Å². The molecule has 2 N–H and O–H groups in total. The lowest BCUT2D eigenvalue weighted by Gasteiger charge is -2.36. The van der Waals surface area contributed by atoms with Crippen molar-refractivity contribution in [3.8, 4) is 0 Å². The molecule has 0 atom stereocenters. The number of nitrogens with two attached hydrogens (primary N) is 1. The second-order valence-corrected chi connectivity index (χ2v) is 5.51. The molecule has 0 spiro atoms. The van der Waals surface area contributed by atoms with Crippen molar-refractivity contribution in [3.63, 3.8) is 0 Å². The first-order chi connectivity index (χ1) is 7.42. The molecule has 0 aromatic heterocycles. The molecular weight excluding hydrogens is 186 g/mol. The van der Waals surface area contributed by atoms with E-state index in [1.165, 1.54) is 69.7 Å². The van der Waals surface area contributed by atoms with Gasteiger partial charge in [0.2, 0.25) is 0 Å². The van der Waals surface area contributed by atoms with Crippen LogP contribution in [0.3, 0.4) is 0 Å². The number of hydrogen-bond acceptors (Lipinski definition) is 1. The summed E-state index contributed by atoms with van der Waals surface area (Å²) < 4.78 is 0. The van der Waals surface area contributed by atoms with Crippen molar-refractivity contribution in [2.24, 2.45) is 11.8 Å². The molecule has 0 amide bonds. The highest BCUT2D eigenvalue weighted by Gasteiger charge is 2.32. The third-order valence-corrected chi connectivity index (χ3v) is 4.55. The SMILES string of the molecule is [O-][NH2+]C(C1CCCCC1)C1CCCCC1. The van der Waals surface area contributed by atoms with Crippen LogP contribution in [0.4, 0.5) is 0 Å². The fourth-order valence-electron chi connectivity index (χ4n) is 3.65. The van der Waals surface area contributed by atoms with Gasteiger partial charge in [-0.05, 0) is 25.7 Å². The molecule has 0 aromatic rings. The molecule has 0 saturated heterocycles. The van der Waals surface area contributed by atoms with Crippen LogP contribution < -0.4 is 5.48 Å². The van der Waals surface area contributed by atoms with Gasteiger partial charge in [0.15, 0.2) is 0 Å². The zero-order valence-electron chi connectivity index (χ0n) is 9.79. The van der Waals surface area contributed by atoms with E-state index in [2.05, 4.69) is 0 Å². The zero-order chi connectivity index (χ0) is 10.5. The normalized spacial score (nSPS) is 26.0. The van der Waals surface area contributed by atoms with E-state index in [1.807, 2.05) is 0 Å². The molecule has 15 heavy (non-hydrogen) atoms. The molecule has 0 unspecified atom stereocenters. The number of hydroxylamine groups is 1. The van der Waals surface area contributed by atoms with Crippen LogP contribution in [0.1, 0.15) is 64.2 Å². The van der Waals surface area contributed by atoms with Gasteiger partial charge in [0.25, 0.3) is 0 Å². The first-order valence-electron chi connectivity index (χ1n) is 6.87. The Bertz CT molecular complexity index is 153. The molecule has 0 bridgehead atoms. The van der Waals surface area contributed by atoms with E-state index in [0.29, 0.717) is 6.04 Å². The maximum absolute atomic E-state index is 11.3.